The molecule has 2 aliphatic carbocycles. The molecule has 6 heteroatoms. The topological polar surface area (TPSA) is 116 Å². The van der Waals surface area contributed by atoms with E-state index < -0.39 is 22.7 Å². The van der Waals surface area contributed by atoms with Gasteiger partial charge in [-0.3, -0.25) is 4.79 Å². The van der Waals surface area contributed by atoms with Crippen LogP contribution in [0.3, 0.4) is 0 Å². The number of para-hydroxylation sites is 1. The van der Waals surface area contributed by atoms with Gasteiger partial charge in [-0.05, 0) is 41.4 Å². The lowest BCUT2D eigenvalue weighted by Gasteiger charge is -2.53. The Labute approximate surface area is 182 Å². The summed E-state index contributed by atoms with van der Waals surface area (Å²) in [6.07, 6.45) is 3.33. The van der Waals surface area contributed by atoms with Gasteiger partial charge in [0.15, 0.2) is 0 Å². The van der Waals surface area contributed by atoms with Crippen molar-refractivity contribution in [3.05, 3.63) is 41.5 Å². The normalized spacial score (nSPS) is 31.2. The summed E-state index contributed by atoms with van der Waals surface area (Å²) in [7, 11) is 1.66. The number of nitrogens with zero attached hydrogens (tertiary/aromatic N) is 4. The molecule has 0 aromatic heterocycles. The van der Waals surface area contributed by atoms with Crippen molar-refractivity contribution in [1.29, 1.82) is 21.2 Å². The number of benzene rings is 1. The minimum Gasteiger partial charge on any atom is -0.314 e. The highest BCUT2D eigenvalue weighted by molar-refractivity contribution is 6.16. The van der Waals surface area contributed by atoms with Crippen LogP contribution in [-0.4, -0.2) is 18.7 Å². The van der Waals surface area contributed by atoms with Crippen LogP contribution in [0.2, 0.25) is 0 Å². The number of rotatable bonds is 0. The summed E-state index contributed by atoms with van der Waals surface area (Å²) in [4.78, 5) is 15.6. The van der Waals surface area contributed by atoms with Gasteiger partial charge in [0.1, 0.15) is 11.3 Å². The number of likely N-dealkylation sites (N-methyl/N-ethyl adjacent to an activating group) is 1. The summed E-state index contributed by atoms with van der Waals surface area (Å²) in [5, 5.41) is 39.6. The number of carbonyl (C=O) groups excluding carboxylic acids is 1. The van der Waals surface area contributed by atoms with Gasteiger partial charge in [0.2, 0.25) is 11.3 Å². The molecule has 1 aromatic carbocycles. The Bertz CT molecular complexity index is 1140. The van der Waals surface area contributed by atoms with Crippen molar-refractivity contribution in [2.75, 3.05) is 11.9 Å². The largest absolute Gasteiger partial charge is 0.314 e. The number of hydrogen-bond acceptors (Lipinski definition) is 5. The van der Waals surface area contributed by atoms with Crippen LogP contribution in [0.4, 0.5) is 5.69 Å². The number of carbonyl (C=O) groups is 1. The molecule has 4 atom stereocenters. The smallest absolute Gasteiger partial charge is 0.241 e. The molecule has 1 heterocycles. The van der Waals surface area contributed by atoms with E-state index in [1.165, 1.54) is 4.90 Å². The van der Waals surface area contributed by atoms with Crippen LogP contribution in [-0.2, 0) is 10.2 Å². The average molecular weight is 412 g/mol. The molecule has 1 amide bonds. The zero-order valence-corrected chi connectivity index (χ0v) is 18.2. The molecule has 6 nitrogen and oxygen atoms in total. The van der Waals surface area contributed by atoms with Gasteiger partial charge < -0.3 is 10.3 Å². The predicted octanol–water partition coefficient (Wildman–Crippen LogP) is 4.11. The van der Waals surface area contributed by atoms with Crippen LogP contribution in [0.1, 0.15) is 39.2 Å². The third-order valence-electron chi connectivity index (χ3n) is 7.72. The van der Waals surface area contributed by atoms with E-state index in [0.717, 1.165) is 6.42 Å². The molecular formula is C25H25N5O. The van der Waals surface area contributed by atoms with E-state index in [9.17, 15) is 20.6 Å². The summed E-state index contributed by atoms with van der Waals surface area (Å²) < 4.78 is 0. The molecule has 1 unspecified atom stereocenters. The van der Waals surface area contributed by atoms with Gasteiger partial charge in [-0.15, -0.1) is 0 Å². The molecule has 1 aromatic rings. The van der Waals surface area contributed by atoms with Gasteiger partial charge in [0.25, 0.3) is 0 Å². The van der Waals surface area contributed by atoms with Crippen LogP contribution in [0.15, 0.2) is 35.9 Å². The second-order valence-electron chi connectivity index (χ2n) is 9.93. The van der Waals surface area contributed by atoms with Crippen molar-refractivity contribution in [1.82, 2.24) is 0 Å². The van der Waals surface area contributed by atoms with E-state index in [2.05, 4.69) is 39.0 Å². The highest BCUT2D eigenvalue weighted by atomic mass is 16.2. The average Bonchev–Trinajstić information content (AvgIpc) is 2.98. The molecule has 1 aliphatic heterocycles. The molecule has 3 aliphatic rings. The van der Waals surface area contributed by atoms with E-state index in [-0.39, 0.29) is 23.0 Å². The van der Waals surface area contributed by atoms with E-state index in [4.69, 9.17) is 5.41 Å². The molecular weight excluding hydrogens is 386 g/mol. The van der Waals surface area contributed by atoms with Crippen molar-refractivity contribution in [2.24, 2.45) is 28.6 Å². The maximum absolute atomic E-state index is 14.0. The Morgan fingerprint density at radius 3 is 2.39 bits per heavy atom. The maximum Gasteiger partial charge on any atom is 0.241 e. The highest BCUT2D eigenvalue weighted by Crippen LogP contribution is 2.65. The quantitative estimate of drug-likeness (QED) is 0.647. The van der Waals surface area contributed by atoms with E-state index in [1.54, 1.807) is 19.2 Å². The minimum absolute atomic E-state index is 0.0503. The fraction of sp³-hybridized carbons (Fsp3) is 0.480. The Morgan fingerprint density at radius 2 is 1.81 bits per heavy atom. The fourth-order valence-electron chi connectivity index (χ4n) is 6.00. The van der Waals surface area contributed by atoms with Crippen LogP contribution in [0, 0.1) is 68.0 Å². The number of anilines is 1. The summed E-state index contributed by atoms with van der Waals surface area (Å²) in [6, 6.07) is 13.6. The number of nitrogens with one attached hydrogen (secondary N) is 1. The van der Waals surface area contributed by atoms with Gasteiger partial charge in [0, 0.05) is 18.7 Å². The zero-order chi connectivity index (χ0) is 22.8. The minimum atomic E-state index is -2.05. The Kier molecular flexibility index (Phi) is 4.39. The van der Waals surface area contributed by atoms with Crippen LogP contribution < -0.4 is 4.90 Å². The molecule has 1 N–H and O–H groups in total. The maximum atomic E-state index is 14.0. The first-order valence-electron chi connectivity index (χ1n) is 10.5. The van der Waals surface area contributed by atoms with Crippen molar-refractivity contribution in [2.45, 2.75) is 39.0 Å². The molecule has 4 rings (SSSR count). The van der Waals surface area contributed by atoms with Gasteiger partial charge >= 0.3 is 0 Å². The van der Waals surface area contributed by atoms with Crippen molar-refractivity contribution >= 4 is 17.3 Å². The third kappa shape index (κ3) is 2.30. The number of hydrogen-bond donors (Lipinski definition) is 1. The number of allylic oxidation sites excluding steroid dienone is 2. The number of amides is 1. The molecule has 0 radical (unpaired) electrons. The Balaban J connectivity index is 2.13. The van der Waals surface area contributed by atoms with Crippen LogP contribution in [0.25, 0.3) is 0 Å². The molecule has 31 heavy (non-hydrogen) atoms. The van der Waals surface area contributed by atoms with E-state index in [1.807, 2.05) is 18.2 Å². The van der Waals surface area contributed by atoms with Crippen molar-refractivity contribution < 1.29 is 4.79 Å². The van der Waals surface area contributed by atoms with Crippen molar-refractivity contribution in [3.63, 3.8) is 0 Å². The van der Waals surface area contributed by atoms with Gasteiger partial charge in [-0.2, -0.15) is 15.8 Å². The molecule has 0 bridgehead atoms. The highest BCUT2D eigenvalue weighted by Gasteiger charge is 2.74. The molecule has 0 saturated heterocycles. The summed E-state index contributed by atoms with van der Waals surface area (Å²) in [5.41, 5.74) is -1.94. The molecule has 1 saturated carbocycles. The van der Waals surface area contributed by atoms with E-state index in [0.29, 0.717) is 23.2 Å². The van der Waals surface area contributed by atoms with E-state index >= 15 is 0 Å². The van der Waals surface area contributed by atoms with Crippen molar-refractivity contribution in [3.8, 4) is 18.2 Å². The molecule has 1 fully saturated rings. The molecule has 156 valence electrons. The number of nitriles is 3. The van der Waals surface area contributed by atoms with Gasteiger partial charge in [-0.1, -0.05) is 45.0 Å². The van der Waals surface area contributed by atoms with Crippen LogP contribution >= 0.6 is 0 Å². The summed E-state index contributed by atoms with van der Waals surface area (Å²) in [6.45, 7) is 6.44. The Morgan fingerprint density at radius 1 is 1.16 bits per heavy atom. The first-order chi connectivity index (χ1) is 14.6. The van der Waals surface area contributed by atoms with Crippen LogP contribution in [0.5, 0.6) is 0 Å². The lowest BCUT2D eigenvalue weighted by atomic mass is 9.43. The number of fused-ring (bicyclic) bond motifs is 4. The lowest BCUT2D eigenvalue weighted by molar-refractivity contribution is -0.127. The third-order valence-corrected chi connectivity index (χ3v) is 7.72. The SMILES string of the molecule is CN1C(=O)[C@@]2(c3ccccc31)[C@H]1C[C@@H](C(C)(C)C)CC=C1C(C#N)C(=N)C2(C#N)C#N. The second-order valence-corrected chi connectivity index (χ2v) is 9.93. The first kappa shape index (κ1) is 20.8. The second kappa shape index (κ2) is 6.53. The monoisotopic (exact) mass is 411 g/mol. The predicted molar refractivity (Wildman–Crippen MR) is 116 cm³/mol. The fourth-order valence-corrected chi connectivity index (χ4v) is 6.00. The standard InChI is InChI=1S/C25H25N5O/c1-23(2,3)15-9-10-16-17(12-26)21(29)24(13-27,14-28)25(19(16)11-15)18-7-5-6-8-20(18)30(4)22(25)31/h5-8,10,15,17,19,29H,9,11H2,1-4H3/t15-,17?,19-,25+/m0/s1. The molecule has 1 spiro atoms. The van der Waals surface area contributed by atoms with Gasteiger partial charge in [-0.25, -0.2) is 0 Å². The zero-order valence-electron chi connectivity index (χ0n) is 18.2. The lowest BCUT2D eigenvalue weighted by Crippen LogP contribution is -2.65. The summed E-state index contributed by atoms with van der Waals surface area (Å²) in [5.74, 6) is -1.60. The summed E-state index contributed by atoms with van der Waals surface area (Å²) >= 11 is 0. The van der Waals surface area contributed by atoms with Gasteiger partial charge in [0.05, 0.1) is 23.9 Å². The Hall–Kier alpha value is -3.43. The first-order valence-corrected chi connectivity index (χ1v) is 10.5.